The number of thiazole rings is 1. The number of rotatable bonds is 5. The Morgan fingerprint density at radius 3 is 2.48 bits per heavy atom. The molecule has 0 aliphatic carbocycles. The first-order valence-corrected chi connectivity index (χ1v) is 10.6. The Morgan fingerprint density at radius 2 is 1.76 bits per heavy atom. The van der Waals surface area contributed by atoms with E-state index in [0.29, 0.717) is 11.3 Å². The zero-order valence-electron chi connectivity index (χ0n) is 15.6. The highest BCUT2D eigenvalue weighted by molar-refractivity contribution is 7.13. The van der Waals surface area contributed by atoms with Gasteiger partial charge in [-0.25, -0.2) is 9.37 Å². The molecule has 1 aliphatic heterocycles. The van der Waals surface area contributed by atoms with Crippen molar-refractivity contribution < 1.29 is 9.18 Å². The number of aromatic nitrogens is 1. The van der Waals surface area contributed by atoms with E-state index >= 15 is 0 Å². The Morgan fingerprint density at radius 1 is 1.07 bits per heavy atom. The van der Waals surface area contributed by atoms with Gasteiger partial charge >= 0.3 is 0 Å². The van der Waals surface area contributed by atoms with E-state index in [1.807, 2.05) is 24.3 Å². The molecular formula is C21H20ClFN4OS. The highest BCUT2D eigenvalue weighted by Crippen LogP contribution is 2.24. The van der Waals surface area contributed by atoms with Gasteiger partial charge in [-0.1, -0.05) is 29.8 Å². The van der Waals surface area contributed by atoms with Crippen LogP contribution in [0.15, 0.2) is 53.9 Å². The second-order valence-corrected chi connectivity index (χ2v) is 8.01. The van der Waals surface area contributed by atoms with Gasteiger partial charge in [0.05, 0.1) is 0 Å². The highest BCUT2D eigenvalue weighted by atomic mass is 35.5. The van der Waals surface area contributed by atoms with E-state index in [1.165, 1.54) is 17.4 Å². The van der Waals surface area contributed by atoms with E-state index in [9.17, 15) is 9.18 Å². The van der Waals surface area contributed by atoms with Crippen LogP contribution in [0.25, 0.3) is 0 Å². The number of anilines is 2. The number of carbonyl (C=O) groups is 1. The third kappa shape index (κ3) is 4.68. The van der Waals surface area contributed by atoms with Crippen LogP contribution < -0.4 is 15.1 Å². The lowest BCUT2D eigenvalue weighted by Gasteiger charge is -2.36. The Bertz CT molecular complexity index is 986. The van der Waals surface area contributed by atoms with E-state index in [4.69, 9.17) is 11.6 Å². The lowest BCUT2D eigenvalue weighted by atomic mass is 10.2. The molecule has 0 saturated carbocycles. The Kier molecular flexibility index (Phi) is 5.97. The van der Waals surface area contributed by atoms with Gasteiger partial charge < -0.3 is 15.1 Å². The predicted molar refractivity (Wildman–Crippen MR) is 116 cm³/mol. The van der Waals surface area contributed by atoms with E-state index in [2.05, 4.69) is 20.1 Å². The van der Waals surface area contributed by atoms with Crippen molar-refractivity contribution in [3.8, 4) is 0 Å². The topological polar surface area (TPSA) is 48.5 Å². The minimum absolute atomic E-state index is 0.137. The van der Waals surface area contributed by atoms with Crippen LogP contribution in [0, 0.1) is 5.82 Å². The maximum Gasteiger partial charge on any atom is 0.271 e. The molecule has 1 aromatic heterocycles. The van der Waals surface area contributed by atoms with Gasteiger partial charge in [-0.05, 0) is 30.3 Å². The van der Waals surface area contributed by atoms with E-state index in [1.54, 1.807) is 23.6 Å². The fraction of sp³-hybridized carbons (Fsp3) is 0.238. The van der Waals surface area contributed by atoms with Crippen molar-refractivity contribution >= 4 is 39.7 Å². The van der Waals surface area contributed by atoms with Gasteiger partial charge in [0.2, 0.25) is 0 Å². The molecule has 0 atom stereocenters. The zero-order valence-corrected chi connectivity index (χ0v) is 17.2. The summed E-state index contributed by atoms with van der Waals surface area (Å²) in [6.45, 7) is 3.53. The monoisotopic (exact) mass is 430 g/mol. The molecular weight excluding hydrogens is 411 g/mol. The zero-order chi connectivity index (χ0) is 20.2. The molecule has 150 valence electrons. The number of carbonyl (C=O) groups excluding carboxylic acids is 1. The van der Waals surface area contributed by atoms with Gasteiger partial charge in [0, 0.05) is 54.4 Å². The Balaban J connectivity index is 1.32. The Hall–Kier alpha value is -2.64. The normalized spacial score (nSPS) is 14.1. The third-order valence-electron chi connectivity index (χ3n) is 4.86. The molecule has 4 rings (SSSR count). The van der Waals surface area contributed by atoms with E-state index in [0.717, 1.165) is 42.0 Å². The van der Waals surface area contributed by atoms with Gasteiger partial charge in [0.1, 0.15) is 11.5 Å². The minimum atomic E-state index is -0.328. The molecule has 2 aromatic carbocycles. The second kappa shape index (κ2) is 8.80. The summed E-state index contributed by atoms with van der Waals surface area (Å²) in [5, 5.41) is 6.04. The summed E-state index contributed by atoms with van der Waals surface area (Å²) in [7, 11) is 0. The fourth-order valence-corrected chi connectivity index (χ4v) is 4.21. The number of nitrogens with zero attached hydrogens (tertiary/aromatic N) is 3. The Labute approximate surface area is 177 Å². The second-order valence-electron chi connectivity index (χ2n) is 6.74. The number of halogens is 2. The molecule has 1 aliphatic rings. The summed E-state index contributed by atoms with van der Waals surface area (Å²) >= 11 is 7.41. The first-order chi connectivity index (χ1) is 14.1. The maximum absolute atomic E-state index is 13.7. The molecule has 5 nitrogen and oxygen atoms in total. The summed E-state index contributed by atoms with van der Waals surface area (Å²) in [6, 6.07) is 14.3. The van der Waals surface area contributed by atoms with Crippen LogP contribution >= 0.6 is 22.9 Å². The van der Waals surface area contributed by atoms with E-state index < -0.39 is 0 Å². The fourth-order valence-electron chi connectivity index (χ4n) is 3.23. The lowest BCUT2D eigenvalue weighted by molar-refractivity contribution is 0.0946. The van der Waals surface area contributed by atoms with Crippen molar-refractivity contribution in [2.75, 3.05) is 36.0 Å². The van der Waals surface area contributed by atoms with Crippen molar-refractivity contribution in [3.63, 3.8) is 0 Å². The molecule has 0 unspecified atom stereocenters. The standard InChI is InChI=1S/C21H20ClFN4OS/c22-16-5-7-17(8-6-16)26-9-11-27(12-10-26)21-25-19(14-29-21)20(28)24-13-15-3-1-2-4-18(15)23/h1-8,14H,9-13H2,(H,24,28). The summed E-state index contributed by atoms with van der Waals surface area (Å²) in [4.78, 5) is 21.3. The molecule has 0 spiro atoms. The lowest BCUT2D eigenvalue weighted by Crippen LogP contribution is -2.46. The molecule has 1 amide bonds. The van der Waals surface area contributed by atoms with Crippen LogP contribution in [0.2, 0.25) is 5.02 Å². The largest absolute Gasteiger partial charge is 0.368 e. The highest BCUT2D eigenvalue weighted by Gasteiger charge is 2.21. The average molecular weight is 431 g/mol. The number of amides is 1. The first kappa shape index (κ1) is 19.7. The maximum atomic E-state index is 13.7. The van der Waals surface area contributed by atoms with Gasteiger partial charge in [-0.3, -0.25) is 4.79 Å². The molecule has 1 N–H and O–H groups in total. The summed E-state index contributed by atoms with van der Waals surface area (Å²) in [5.41, 5.74) is 1.97. The number of hydrogen-bond donors (Lipinski definition) is 1. The van der Waals surface area contributed by atoms with Crippen LogP contribution in [-0.2, 0) is 6.54 Å². The molecule has 3 aromatic rings. The number of benzene rings is 2. The van der Waals surface area contributed by atoms with Crippen molar-refractivity contribution in [3.05, 3.63) is 76.0 Å². The van der Waals surface area contributed by atoms with Crippen LogP contribution in [0.4, 0.5) is 15.2 Å². The SMILES string of the molecule is O=C(NCc1ccccc1F)c1csc(N2CCN(c3ccc(Cl)cc3)CC2)n1. The quantitative estimate of drug-likeness (QED) is 0.659. The number of nitrogens with one attached hydrogen (secondary N) is 1. The first-order valence-electron chi connectivity index (χ1n) is 9.33. The predicted octanol–water partition coefficient (Wildman–Crippen LogP) is 4.19. The third-order valence-corrected chi connectivity index (χ3v) is 6.02. The molecule has 2 heterocycles. The van der Waals surface area contributed by atoms with Crippen LogP contribution in [-0.4, -0.2) is 37.1 Å². The van der Waals surface area contributed by atoms with Gasteiger partial charge in [0.15, 0.2) is 5.13 Å². The molecule has 1 saturated heterocycles. The minimum Gasteiger partial charge on any atom is -0.368 e. The van der Waals surface area contributed by atoms with Crippen LogP contribution in [0.1, 0.15) is 16.1 Å². The molecule has 29 heavy (non-hydrogen) atoms. The summed E-state index contributed by atoms with van der Waals surface area (Å²) in [5.74, 6) is -0.624. The van der Waals surface area contributed by atoms with Crippen molar-refractivity contribution in [1.82, 2.24) is 10.3 Å². The molecule has 0 bridgehead atoms. The van der Waals surface area contributed by atoms with Crippen molar-refractivity contribution in [2.45, 2.75) is 6.54 Å². The number of hydrogen-bond acceptors (Lipinski definition) is 5. The average Bonchev–Trinajstić information content (AvgIpc) is 3.24. The van der Waals surface area contributed by atoms with E-state index in [-0.39, 0.29) is 18.3 Å². The smallest absolute Gasteiger partial charge is 0.271 e. The summed E-state index contributed by atoms with van der Waals surface area (Å²) < 4.78 is 13.7. The van der Waals surface area contributed by atoms with Crippen LogP contribution in [0.3, 0.4) is 0 Å². The molecule has 8 heteroatoms. The van der Waals surface area contributed by atoms with Crippen molar-refractivity contribution in [2.24, 2.45) is 0 Å². The molecule has 0 radical (unpaired) electrons. The molecule has 1 fully saturated rings. The van der Waals surface area contributed by atoms with Gasteiger partial charge in [-0.2, -0.15) is 0 Å². The van der Waals surface area contributed by atoms with Gasteiger partial charge in [0.25, 0.3) is 5.91 Å². The van der Waals surface area contributed by atoms with Gasteiger partial charge in [-0.15, -0.1) is 11.3 Å². The number of piperazine rings is 1. The van der Waals surface area contributed by atoms with Crippen molar-refractivity contribution in [1.29, 1.82) is 0 Å². The van der Waals surface area contributed by atoms with Crippen LogP contribution in [0.5, 0.6) is 0 Å². The summed E-state index contributed by atoms with van der Waals surface area (Å²) in [6.07, 6.45) is 0.